The molecule has 8 atom stereocenters. The van der Waals surface area contributed by atoms with E-state index in [1.54, 1.807) is 57.0 Å². The van der Waals surface area contributed by atoms with E-state index in [9.17, 15) is 22.0 Å². The molecule has 0 radical (unpaired) electrons. The first-order valence-electron chi connectivity index (χ1n) is 45.8. The van der Waals surface area contributed by atoms with Crippen molar-refractivity contribution in [3.63, 3.8) is 0 Å². The van der Waals surface area contributed by atoms with Gasteiger partial charge in [-0.05, 0) is 329 Å². The van der Waals surface area contributed by atoms with Gasteiger partial charge in [-0.1, -0.05) is 243 Å². The van der Waals surface area contributed by atoms with Crippen molar-refractivity contribution in [1.29, 1.82) is 0 Å². The molecule has 4 aliphatic heterocycles. The van der Waals surface area contributed by atoms with Crippen LogP contribution >= 0.6 is 0 Å². The van der Waals surface area contributed by atoms with E-state index in [1.165, 1.54) is 171 Å². The minimum absolute atomic E-state index is 0. The van der Waals surface area contributed by atoms with E-state index < -0.39 is 11.6 Å². The van der Waals surface area contributed by atoms with Crippen molar-refractivity contribution in [2.45, 2.75) is 361 Å². The summed E-state index contributed by atoms with van der Waals surface area (Å²) < 4.78 is 94.7. The lowest BCUT2D eigenvalue weighted by atomic mass is 9.84. The molecule has 0 N–H and O–H groups in total. The first-order valence-corrected chi connectivity index (χ1v) is 45.8. The summed E-state index contributed by atoms with van der Waals surface area (Å²) in [6.07, 6.45) is 38.3. The van der Waals surface area contributed by atoms with E-state index in [0.717, 1.165) is 127 Å². The highest BCUT2D eigenvalue weighted by Gasteiger charge is 2.19. The summed E-state index contributed by atoms with van der Waals surface area (Å²) in [5.74, 6) is 9.11. The maximum absolute atomic E-state index is 12.8. The number of allylic oxidation sites excluding steroid dienone is 6. The topological polar surface area (TPSA) is 55.4 Å². The zero-order valence-electron chi connectivity index (χ0n) is 80.4. The highest BCUT2D eigenvalue weighted by Crippen LogP contribution is 2.30. The fourth-order valence-electron chi connectivity index (χ4n) is 13.4. The van der Waals surface area contributed by atoms with Gasteiger partial charge in [0, 0.05) is 30.6 Å². The van der Waals surface area contributed by atoms with Gasteiger partial charge < -0.3 is 28.4 Å². The highest BCUT2D eigenvalue weighted by molar-refractivity contribution is 5.31. The smallest absolute Gasteiger partial charge is 0.154 e. The molecule has 4 saturated heterocycles. The van der Waals surface area contributed by atoms with E-state index in [0.29, 0.717) is 40.7 Å². The SMILES string of the molecule is C.CC1=CCC(C)CC1.CC1=CCC(C)CC1.CC1C=CC(C)CC1.CC1CCC(C)CC1.CC1CCC(C)CC1.CC1CCC(C)OC1.CC1CCC(C)OC1.CC1COC(C)OC1.CC1COC(C)OC1.Cc1cc(C)c(C)c(F)c1.Cc1cc(F)c(C)c(F)c1.Cc1ccc(C)c(F)c1.Cc1ccc(C)c(F)c1.Cc1ccc(C)cc1. The number of hydrogen-bond donors (Lipinski definition) is 0. The van der Waals surface area contributed by atoms with Crippen LogP contribution in [-0.4, -0.2) is 64.4 Å². The van der Waals surface area contributed by atoms with Crippen molar-refractivity contribution in [2.75, 3.05) is 39.6 Å². The summed E-state index contributed by atoms with van der Waals surface area (Å²) in [7, 11) is 0. The zero-order valence-corrected chi connectivity index (χ0v) is 80.4. The van der Waals surface area contributed by atoms with Gasteiger partial charge in [-0.3, -0.25) is 0 Å². The molecular formula is C108H177F5O6. The van der Waals surface area contributed by atoms with Gasteiger partial charge in [0.1, 0.15) is 29.1 Å². The van der Waals surface area contributed by atoms with Gasteiger partial charge in [-0.15, -0.1) is 0 Å². The summed E-state index contributed by atoms with van der Waals surface area (Å²) in [5, 5.41) is 0. The Hall–Kier alpha value is -5.27. The molecule has 9 aliphatic rings. The molecule has 4 heterocycles. The van der Waals surface area contributed by atoms with Crippen LogP contribution in [0.5, 0.6) is 0 Å². The molecule has 5 aliphatic carbocycles. The predicted octanol–water partition coefficient (Wildman–Crippen LogP) is 32.6. The maximum Gasteiger partial charge on any atom is 0.154 e. The molecule has 6 fully saturated rings. The normalized spacial score (nSPS) is 26.3. The molecular weight excluding hydrogens is 1490 g/mol. The highest BCUT2D eigenvalue weighted by atomic mass is 19.1. The number of rotatable bonds is 0. The Kier molecular flexibility index (Phi) is 62.5. The van der Waals surface area contributed by atoms with Gasteiger partial charge in [0.15, 0.2) is 12.6 Å². The van der Waals surface area contributed by atoms with Crippen LogP contribution in [0.15, 0.2) is 120 Å². The van der Waals surface area contributed by atoms with Crippen molar-refractivity contribution in [1.82, 2.24) is 0 Å². The van der Waals surface area contributed by atoms with Gasteiger partial charge in [-0.25, -0.2) is 22.0 Å². The molecule has 119 heavy (non-hydrogen) atoms. The second-order valence-corrected chi connectivity index (χ2v) is 37.5. The first-order chi connectivity index (χ1) is 55.5. The van der Waals surface area contributed by atoms with Crippen LogP contribution in [0.1, 0.15) is 322 Å². The minimum Gasteiger partial charge on any atom is -0.378 e. The zero-order chi connectivity index (χ0) is 89.0. The third-order valence-electron chi connectivity index (χ3n) is 23.2. The molecule has 5 aromatic carbocycles. The number of aryl methyl sites for hydroxylation is 9. The van der Waals surface area contributed by atoms with Crippen LogP contribution in [0.2, 0.25) is 0 Å². The van der Waals surface area contributed by atoms with Gasteiger partial charge in [0.25, 0.3) is 0 Å². The van der Waals surface area contributed by atoms with Crippen molar-refractivity contribution < 1.29 is 50.4 Å². The third kappa shape index (κ3) is 59.3. The van der Waals surface area contributed by atoms with Crippen LogP contribution in [-0.2, 0) is 28.4 Å². The number of hydrogen-bond acceptors (Lipinski definition) is 6. The lowest BCUT2D eigenvalue weighted by Gasteiger charge is -2.24. The van der Waals surface area contributed by atoms with E-state index in [2.05, 4.69) is 173 Å². The number of benzene rings is 5. The summed E-state index contributed by atoms with van der Waals surface area (Å²) in [5.41, 5.74) is 12.7. The van der Waals surface area contributed by atoms with Gasteiger partial charge in [-0.2, -0.15) is 0 Å². The van der Waals surface area contributed by atoms with Crippen molar-refractivity contribution in [2.24, 2.45) is 71.0 Å². The third-order valence-corrected chi connectivity index (χ3v) is 23.2. The Morgan fingerprint density at radius 1 is 0.244 bits per heavy atom. The first kappa shape index (κ1) is 114. The molecule has 8 unspecified atom stereocenters. The molecule has 14 rings (SSSR count). The van der Waals surface area contributed by atoms with Gasteiger partial charge in [0.2, 0.25) is 0 Å². The Morgan fingerprint density at radius 2 is 0.513 bits per heavy atom. The lowest BCUT2D eigenvalue weighted by Crippen LogP contribution is -2.27. The molecule has 0 amide bonds. The average molecular weight is 1670 g/mol. The Morgan fingerprint density at radius 3 is 0.739 bits per heavy atom. The van der Waals surface area contributed by atoms with Crippen LogP contribution in [0, 0.1) is 176 Å². The monoisotopic (exact) mass is 1670 g/mol. The standard InChI is InChI=1S/C9H11F.C8H8F2.2C8H9F.2C8H16.3C8H14.C8H10.2C7H14O.2C6H12O2.CH4/c1-6-4-7(2)8(3)9(10)5-6;1-5-3-7(9)6(2)8(10)4-5;2*1-6-3-4-7(2)8(9)5-6;6*1-7-3-5-8(2)6-4-7;2*1-6-3-4-7(2)8-5-6;2*1-5-3-7-6(2)8-4-5;/h4-5H,1-3H3;3-4H,1-2H3;2*3-5H,1-2H3;2*7-8H,3-6H2,1-2H3;2*3,8H,4-6H2,1-2H3;3,5,7-8H,4,6H2,1-2H3;3-6H,1-2H3;2*6-7H,3-5H2,1-2H3;2*5-6H,3-4H2,1-2H3;1H4. The maximum atomic E-state index is 12.8. The molecule has 0 aromatic heterocycles. The predicted molar refractivity (Wildman–Crippen MR) is 503 cm³/mol. The summed E-state index contributed by atoms with van der Waals surface area (Å²) >= 11 is 0. The van der Waals surface area contributed by atoms with Gasteiger partial charge >= 0.3 is 0 Å². The average Bonchev–Trinajstić information content (AvgIpc) is 0.873. The fourth-order valence-corrected chi connectivity index (χ4v) is 13.4. The summed E-state index contributed by atoms with van der Waals surface area (Å²) in [4.78, 5) is 0. The number of ether oxygens (including phenoxy) is 6. The van der Waals surface area contributed by atoms with Crippen molar-refractivity contribution >= 4 is 0 Å². The molecule has 0 spiro atoms. The second kappa shape index (κ2) is 65.4. The molecule has 6 nitrogen and oxygen atoms in total. The molecule has 680 valence electrons. The van der Waals surface area contributed by atoms with Crippen molar-refractivity contribution in [3.05, 3.63) is 211 Å². The summed E-state index contributed by atoms with van der Waals surface area (Å²) in [6.45, 7) is 65.5. The van der Waals surface area contributed by atoms with Crippen LogP contribution in [0.25, 0.3) is 0 Å². The fraction of sp³-hybridized carbons (Fsp3) is 0.667. The van der Waals surface area contributed by atoms with E-state index in [1.807, 2.05) is 59.7 Å². The molecule has 11 heteroatoms. The Bertz CT molecular complexity index is 3030. The van der Waals surface area contributed by atoms with Gasteiger partial charge in [0.05, 0.1) is 38.6 Å². The molecule has 0 bridgehead atoms. The quantitative estimate of drug-likeness (QED) is 0.114. The number of halogens is 5. The lowest BCUT2D eigenvalue weighted by molar-refractivity contribution is -0.187. The second-order valence-electron chi connectivity index (χ2n) is 37.5. The minimum atomic E-state index is -0.475. The molecule has 2 saturated carbocycles. The Balaban J connectivity index is 0.00000126. The Labute approximate surface area is 729 Å². The summed E-state index contributed by atoms with van der Waals surface area (Å²) in [6, 6.07) is 25.1. The van der Waals surface area contributed by atoms with Crippen LogP contribution in [0.4, 0.5) is 22.0 Å². The van der Waals surface area contributed by atoms with Crippen molar-refractivity contribution in [3.8, 4) is 0 Å². The van der Waals surface area contributed by atoms with E-state index >= 15 is 0 Å². The van der Waals surface area contributed by atoms with E-state index in [-0.39, 0.29) is 43.0 Å². The van der Waals surface area contributed by atoms with Crippen LogP contribution < -0.4 is 0 Å². The van der Waals surface area contributed by atoms with E-state index in [4.69, 9.17) is 28.4 Å². The van der Waals surface area contributed by atoms with Crippen LogP contribution in [0.3, 0.4) is 0 Å². The largest absolute Gasteiger partial charge is 0.378 e. The molecule has 5 aromatic rings.